The minimum absolute atomic E-state index is 0.0653. The second-order valence-electron chi connectivity index (χ2n) is 3.60. The normalized spacial score (nSPS) is 10.6. The highest BCUT2D eigenvalue weighted by Gasteiger charge is 2.02. The fourth-order valence-electron chi connectivity index (χ4n) is 1.60. The van der Waals surface area contributed by atoms with Crippen molar-refractivity contribution in [2.24, 2.45) is 0 Å². The molecular weight excluding hydrogens is 268 g/mol. The molecular formula is C12H13BrN2O. The number of aromatic nitrogens is 1. The smallest absolute Gasteiger partial charge is 0.221 e. The monoisotopic (exact) mass is 280 g/mol. The molecule has 2 rings (SSSR count). The molecule has 0 unspecified atom stereocenters. The first kappa shape index (κ1) is 11.2. The van der Waals surface area contributed by atoms with Crippen molar-refractivity contribution in [3.8, 4) is 0 Å². The van der Waals surface area contributed by atoms with Crippen LogP contribution in [0, 0.1) is 0 Å². The van der Waals surface area contributed by atoms with Gasteiger partial charge in [0.1, 0.15) is 0 Å². The molecule has 1 heterocycles. The maximum absolute atomic E-state index is 11.3. The van der Waals surface area contributed by atoms with E-state index in [4.69, 9.17) is 0 Å². The van der Waals surface area contributed by atoms with Crippen molar-refractivity contribution < 1.29 is 4.79 Å². The van der Waals surface area contributed by atoms with Gasteiger partial charge in [-0.1, -0.05) is 34.1 Å². The van der Waals surface area contributed by atoms with E-state index in [1.807, 2.05) is 18.2 Å². The molecule has 0 aliphatic carbocycles. The Morgan fingerprint density at radius 1 is 1.38 bits per heavy atom. The van der Waals surface area contributed by atoms with E-state index in [1.54, 1.807) is 0 Å². The van der Waals surface area contributed by atoms with Gasteiger partial charge in [0.25, 0.3) is 0 Å². The van der Waals surface area contributed by atoms with Crippen molar-refractivity contribution in [3.05, 3.63) is 36.0 Å². The van der Waals surface area contributed by atoms with Gasteiger partial charge >= 0.3 is 0 Å². The highest BCUT2D eigenvalue weighted by atomic mass is 79.9. The molecule has 1 aromatic heterocycles. The molecule has 0 bridgehead atoms. The molecule has 16 heavy (non-hydrogen) atoms. The standard InChI is InChI=1S/C12H13BrN2O/c13-6-5-12(16)14-8-10-7-9-3-1-2-4-11(9)15-10/h1-4,7,15H,5-6,8H2,(H,14,16). The molecule has 0 radical (unpaired) electrons. The van der Waals surface area contributed by atoms with E-state index in [0.29, 0.717) is 18.3 Å². The third kappa shape index (κ3) is 2.64. The quantitative estimate of drug-likeness (QED) is 0.831. The van der Waals surface area contributed by atoms with E-state index in [0.717, 1.165) is 11.2 Å². The van der Waals surface area contributed by atoms with E-state index in [-0.39, 0.29) is 5.91 Å². The van der Waals surface area contributed by atoms with Gasteiger partial charge in [-0.25, -0.2) is 0 Å². The van der Waals surface area contributed by atoms with Crippen LogP contribution in [0.25, 0.3) is 10.9 Å². The van der Waals surface area contributed by atoms with Crippen molar-refractivity contribution in [2.75, 3.05) is 5.33 Å². The molecule has 2 aromatic rings. The van der Waals surface area contributed by atoms with Crippen LogP contribution < -0.4 is 5.32 Å². The van der Waals surface area contributed by atoms with Crippen LogP contribution in [0.1, 0.15) is 12.1 Å². The van der Waals surface area contributed by atoms with Gasteiger partial charge in [0.15, 0.2) is 0 Å². The van der Waals surface area contributed by atoms with Gasteiger partial charge in [0, 0.05) is 23.0 Å². The van der Waals surface area contributed by atoms with E-state index in [1.165, 1.54) is 5.39 Å². The van der Waals surface area contributed by atoms with E-state index in [2.05, 4.69) is 38.4 Å². The molecule has 84 valence electrons. The van der Waals surface area contributed by atoms with E-state index < -0.39 is 0 Å². The van der Waals surface area contributed by atoms with Gasteiger partial charge in [-0.3, -0.25) is 4.79 Å². The number of rotatable bonds is 4. The van der Waals surface area contributed by atoms with Gasteiger partial charge in [0.2, 0.25) is 5.91 Å². The number of carbonyl (C=O) groups excluding carboxylic acids is 1. The third-order valence-corrected chi connectivity index (χ3v) is 2.78. The second-order valence-corrected chi connectivity index (χ2v) is 4.39. The summed E-state index contributed by atoms with van der Waals surface area (Å²) in [6.45, 7) is 0.556. The number of carbonyl (C=O) groups is 1. The topological polar surface area (TPSA) is 44.9 Å². The molecule has 2 N–H and O–H groups in total. The Morgan fingerprint density at radius 2 is 2.19 bits per heavy atom. The third-order valence-electron chi connectivity index (χ3n) is 2.38. The summed E-state index contributed by atoms with van der Waals surface area (Å²) in [4.78, 5) is 14.5. The molecule has 1 aromatic carbocycles. The van der Waals surface area contributed by atoms with Gasteiger partial charge in [0.05, 0.1) is 6.54 Å². The minimum Gasteiger partial charge on any atom is -0.357 e. The summed E-state index contributed by atoms with van der Waals surface area (Å²) in [5.74, 6) is 0.0653. The van der Waals surface area contributed by atoms with Crippen molar-refractivity contribution >= 4 is 32.7 Å². The maximum Gasteiger partial charge on any atom is 0.221 e. The highest BCUT2D eigenvalue weighted by molar-refractivity contribution is 9.09. The van der Waals surface area contributed by atoms with Crippen molar-refractivity contribution in [2.45, 2.75) is 13.0 Å². The summed E-state index contributed by atoms with van der Waals surface area (Å²) in [6.07, 6.45) is 0.514. The zero-order valence-electron chi connectivity index (χ0n) is 8.79. The zero-order chi connectivity index (χ0) is 11.4. The fraction of sp³-hybridized carbons (Fsp3) is 0.250. The molecule has 0 aliphatic rings. The molecule has 0 saturated carbocycles. The predicted octanol–water partition coefficient (Wildman–Crippen LogP) is 2.57. The number of hydrogen-bond acceptors (Lipinski definition) is 1. The SMILES string of the molecule is O=C(CCBr)NCc1cc2ccccc2[nH]1. The van der Waals surface area contributed by atoms with E-state index >= 15 is 0 Å². The first-order valence-corrected chi connectivity index (χ1v) is 6.31. The molecule has 0 aliphatic heterocycles. The first-order valence-electron chi connectivity index (χ1n) is 5.19. The molecule has 3 nitrogen and oxygen atoms in total. The number of alkyl halides is 1. The van der Waals surface area contributed by atoms with Crippen LogP contribution in [-0.2, 0) is 11.3 Å². The number of benzene rings is 1. The lowest BCUT2D eigenvalue weighted by molar-refractivity contribution is -0.120. The van der Waals surface area contributed by atoms with Gasteiger partial charge in [-0.2, -0.15) is 0 Å². The Morgan fingerprint density at radius 3 is 2.94 bits per heavy atom. The summed E-state index contributed by atoms with van der Waals surface area (Å²) in [6, 6.07) is 10.1. The predicted molar refractivity (Wildman–Crippen MR) is 68.6 cm³/mol. The Bertz CT molecular complexity index is 459. The molecule has 0 atom stereocenters. The molecule has 0 spiro atoms. The molecule has 4 heteroatoms. The number of H-pyrrole nitrogens is 1. The van der Waals surface area contributed by atoms with Gasteiger partial charge in [-0.15, -0.1) is 0 Å². The van der Waals surface area contributed by atoms with Gasteiger partial charge < -0.3 is 10.3 Å². The van der Waals surface area contributed by atoms with Crippen molar-refractivity contribution in [1.82, 2.24) is 10.3 Å². The summed E-state index contributed by atoms with van der Waals surface area (Å²) in [5.41, 5.74) is 2.14. The lowest BCUT2D eigenvalue weighted by Crippen LogP contribution is -2.22. The summed E-state index contributed by atoms with van der Waals surface area (Å²) < 4.78 is 0. The van der Waals surface area contributed by atoms with Crippen LogP contribution in [0.2, 0.25) is 0 Å². The van der Waals surface area contributed by atoms with Crippen LogP contribution in [-0.4, -0.2) is 16.2 Å². The number of amides is 1. The summed E-state index contributed by atoms with van der Waals surface area (Å²) >= 11 is 3.24. The van der Waals surface area contributed by atoms with Gasteiger partial charge in [-0.05, 0) is 17.5 Å². The molecule has 0 saturated heterocycles. The van der Waals surface area contributed by atoms with Crippen LogP contribution in [0.4, 0.5) is 0 Å². The number of aromatic amines is 1. The van der Waals surface area contributed by atoms with Crippen LogP contribution in [0.3, 0.4) is 0 Å². The Labute approximate surface area is 102 Å². The Kier molecular flexibility index (Phi) is 3.62. The lowest BCUT2D eigenvalue weighted by Gasteiger charge is -2.01. The molecule has 0 fully saturated rings. The number of para-hydroxylation sites is 1. The van der Waals surface area contributed by atoms with E-state index in [9.17, 15) is 4.79 Å². The fourth-order valence-corrected chi connectivity index (χ4v) is 1.96. The summed E-state index contributed by atoms with van der Waals surface area (Å²) in [7, 11) is 0. The summed E-state index contributed by atoms with van der Waals surface area (Å²) in [5, 5.41) is 4.73. The number of halogens is 1. The van der Waals surface area contributed by atoms with Crippen LogP contribution in [0.15, 0.2) is 30.3 Å². The minimum atomic E-state index is 0.0653. The van der Waals surface area contributed by atoms with Crippen LogP contribution >= 0.6 is 15.9 Å². The average Bonchev–Trinajstić information content (AvgIpc) is 2.69. The van der Waals surface area contributed by atoms with Crippen LogP contribution in [0.5, 0.6) is 0 Å². The average molecular weight is 281 g/mol. The van der Waals surface area contributed by atoms with Crippen molar-refractivity contribution in [1.29, 1.82) is 0 Å². The highest BCUT2D eigenvalue weighted by Crippen LogP contribution is 2.14. The first-order chi connectivity index (χ1) is 7.79. The number of hydrogen-bond donors (Lipinski definition) is 2. The lowest BCUT2D eigenvalue weighted by atomic mass is 10.2. The Balaban J connectivity index is 2.02. The Hall–Kier alpha value is -1.29. The maximum atomic E-state index is 11.3. The second kappa shape index (κ2) is 5.16. The zero-order valence-corrected chi connectivity index (χ0v) is 10.4. The molecule has 1 amide bonds. The largest absolute Gasteiger partial charge is 0.357 e. The number of nitrogens with one attached hydrogen (secondary N) is 2. The van der Waals surface area contributed by atoms with Crippen molar-refractivity contribution in [3.63, 3.8) is 0 Å². The number of fused-ring (bicyclic) bond motifs is 1.